The molecule has 1 saturated heterocycles. The molecular formula is C19H29NO2. The van der Waals surface area contributed by atoms with Gasteiger partial charge >= 0.3 is 0 Å². The summed E-state index contributed by atoms with van der Waals surface area (Å²) in [5, 5.41) is 3.70. The molecule has 1 aromatic rings. The van der Waals surface area contributed by atoms with Gasteiger partial charge in [0.25, 0.3) is 0 Å². The minimum Gasteiger partial charge on any atom is -0.491 e. The third-order valence-electron chi connectivity index (χ3n) is 4.91. The summed E-state index contributed by atoms with van der Waals surface area (Å²) in [7, 11) is 0. The Hall–Kier alpha value is -1.06. The lowest BCUT2D eigenvalue weighted by molar-refractivity contribution is 0.0679. The average Bonchev–Trinajstić information content (AvgIpc) is 3.05. The monoisotopic (exact) mass is 303 g/mol. The van der Waals surface area contributed by atoms with Gasteiger partial charge in [-0.3, -0.25) is 0 Å². The first-order valence-electron chi connectivity index (χ1n) is 8.86. The van der Waals surface area contributed by atoms with E-state index >= 15 is 0 Å². The summed E-state index contributed by atoms with van der Waals surface area (Å²) in [5.74, 6) is 1.82. The van der Waals surface area contributed by atoms with Crippen molar-refractivity contribution in [3.63, 3.8) is 0 Å². The fourth-order valence-electron chi connectivity index (χ4n) is 3.55. The highest BCUT2D eigenvalue weighted by molar-refractivity contribution is 5.27. The third kappa shape index (κ3) is 4.72. The molecule has 2 aliphatic rings. The first kappa shape index (κ1) is 15.8. The standard InChI is InChI=1S/C19H29NO2/c1-15-4-2-5-17(12-15)20-13-16-7-9-18(10-8-16)22-14-19-6-3-11-21-19/h7-10,15,17,19-20H,2-6,11-14H2,1H3. The van der Waals surface area contributed by atoms with Crippen molar-refractivity contribution in [3.8, 4) is 5.75 Å². The van der Waals surface area contributed by atoms with E-state index in [4.69, 9.17) is 9.47 Å². The van der Waals surface area contributed by atoms with Crippen molar-refractivity contribution in [2.24, 2.45) is 5.92 Å². The highest BCUT2D eigenvalue weighted by Gasteiger charge is 2.18. The molecule has 3 rings (SSSR count). The molecule has 1 aliphatic heterocycles. The molecule has 2 fully saturated rings. The molecule has 0 amide bonds. The van der Waals surface area contributed by atoms with Crippen LogP contribution in [0.25, 0.3) is 0 Å². The van der Waals surface area contributed by atoms with Crippen molar-refractivity contribution in [2.45, 2.75) is 64.1 Å². The highest BCUT2D eigenvalue weighted by Crippen LogP contribution is 2.24. The Balaban J connectivity index is 1.40. The molecule has 0 radical (unpaired) electrons. The van der Waals surface area contributed by atoms with Gasteiger partial charge < -0.3 is 14.8 Å². The van der Waals surface area contributed by atoms with Crippen LogP contribution < -0.4 is 10.1 Å². The molecule has 3 heteroatoms. The second kappa shape index (κ2) is 7.98. The summed E-state index contributed by atoms with van der Waals surface area (Å²) in [4.78, 5) is 0. The van der Waals surface area contributed by atoms with E-state index in [0.717, 1.165) is 31.2 Å². The zero-order valence-electron chi connectivity index (χ0n) is 13.7. The van der Waals surface area contributed by atoms with Crippen LogP contribution in [0.1, 0.15) is 51.0 Å². The second-order valence-corrected chi connectivity index (χ2v) is 6.94. The quantitative estimate of drug-likeness (QED) is 0.864. The van der Waals surface area contributed by atoms with Gasteiger partial charge in [-0.05, 0) is 49.3 Å². The number of benzene rings is 1. The summed E-state index contributed by atoms with van der Waals surface area (Å²) in [6.07, 6.45) is 7.99. The maximum absolute atomic E-state index is 5.81. The number of rotatable bonds is 6. The van der Waals surface area contributed by atoms with E-state index in [-0.39, 0.29) is 6.10 Å². The van der Waals surface area contributed by atoms with E-state index < -0.39 is 0 Å². The van der Waals surface area contributed by atoms with Crippen molar-refractivity contribution >= 4 is 0 Å². The predicted molar refractivity (Wildman–Crippen MR) is 89.2 cm³/mol. The Morgan fingerprint density at radius 2 is 2.00 bits per heavy atom. The Labute approximate surface area is 134 Å². The van der Waals surface area contributed by atoms with E-state index in [1.807, 2.05) is 0 Å². The smallest absolute Gasteiger partial charge is 0.119 e. The fourth-order valence-corrected chi connectivity index (χ4v) is 3.55. The zero-order chi connectivity index (χ0) is 15.2. The molecule has 0 spiro atoms. The lowest BCUT2D eigenvalue weighted by atomic mass is 9.87. The zero-order valence-corrected chi connectivity index (χ0v) is 13.7. The maximum atomic E-state index is 5.81. The summed E-state index contributed by atoms with van der Waals surface area (Å²) in [6.45, 7) is 4.90. The van der Waals surface area contributed by atoms with Crippen LogP contribution in [0.15, 0.2) is 24.3 Å². The number of ether oxygens (including phenoxy) is 2. The van der Waals surface area contributed by atoms with Gasteiger partial charge in [0, 0.05) is 19.2 Å². The van der Waals surface area contributed by atoms with Crippen LogP contribution in [0.4, 0.5) is 0 Å². The van der Waals surface area contributed by atoms with Crippen molar-refractivity contribution in [1.29, 1.82) is 0 Å². The minimum absolute atomic E-state index is 0.287. The van der Waals surface area contributed by atoms with E-state index in [1.165, 1.54) is 37.7 Å². The van der Waals surface area contributed by atoms with Gasteiger partial charge in [-0.25, -0.2) is 0 Å². The normalized spacial score (nSPS) is 28.7. The van der Waals surface area contributed by atoms with Crippen LogP contribution in [0.5, 0.6) is 5.75 Å². The van der Waals surface area contributed by atoms with Crippen molar-refractivity contribution in [2.75, 3.05) is 13.2 Å². The molecule has 3 atom stereocenters. The summed E-state index contributed by atoms with van der Waals surface area (Å²) in [6, 6.07) is 9.19. The van der Waals surface area contributed by atoms with Gasteiger partial charge in [-0.1, -0.05) is 31.9 Å². The van der Waals surface area contributed by atoms with Crippen LogP contribution in [-0.2, 0) is 11.3 Å². The lowest BCUT2D eigenvalue weighted by Crippen LogP contribution is -2.33. The number of hydrogen-bond acceptors (Lipinski definition) is 3. The minimum atomic E-state index is 0.287. The highest BCUT2D eigenvalue weighted by atomic mass is 16.5. The second-order valence-electron chi connectivity index (χ2n) is 6.94. The van der Waals surface area contributed by atoms with Gasteiger partial charge in [0.15, 0.2) is 0 Å². The predicted octanol–water partition coefficient (Wildman–Crippen LogP) is 3.91. The Morgan fingerprint density at radius 1 is 1.14 bits per heavy atom. The molecule has 1 saturated carbocycles. The molecule has 122 valence electrons. The molecule has 3 unspecified atom stereocenters. The van der Waals surface area contributed by atoms with Crippen LogP contribution in [0.2, 0.25) is 0 Å². The van der Waals surface area contributed by atoms with E-state index in [2.05, 4.69) is 36.5 Å². The average molecular weight is 303 g/mol. The largest absolute Gasteiger partial charge is 0.491 e. The molecule has 0 bridgehead atoms. The Kier molecular flexibility index (Phi) is 5.74. The molecule has 0 aromatic heterocycles. The SMILES string of the molecule is CC1CCCC(NCc2ccc(OCC3CCCO3)cc2)C1. The van der Waals surface area contributed by atoms with E-state index in [1.54, 1.807) is 0 Å². The van der Waals surface area contributed by atoms with Gasteiger partial charge in [-0.15, -0.1) is 0 Å². The Morgan fingerprint density at radius 3 is 2.73 bits per heavy atom. The Bertz CT molecular complexity index is 439. The van der Waals surface area contributed by atoms with E-state index in [9.17, 15) is 0 Å². The lowest BCUT2D eigenvalue weighted by Gasteiger charge is -2.27. The topological polar surface area (TPSA) is 30.5 Å². The van der Waals surface area contributed by atoms with Crippen LogP contribution in [-0.4, -0.2) is 25.4 Å². The molecule has 1 heterocycles. The van der Waals surface area contributed by atoms with Crippen LogP contribution in [0.3, 0.4) is 0 Å². The summed E-state index contributed by atoms with van der Waals surface area (Å²) < 4.78 is 11.4. The maximum Gasteiger partial charge on any atom is 0.119 e. The number of nitrogens with one attached hydrogen (secondary N) is 1. The van der Waals surface area contributed by atoms with Crippen molar-refractivity contribution in [1.82, 2.24) is 5.32 Å². The van der Waals surface area contributed by atoms with Gasteiger partial charge in [0.05, 0.1) is 6.10 Å². The first-order chi connectivity index (χ1) is 10.8. The van der Waals surface area contributed by atoms with Crippen LogP contribution in [0, 0.1) is 5.92 Å². The summed E-state index contributed by atoms with van der Waals surface area (Å²) in [5.41, 5.74) is 1.34. The van der Waals surface area contributed by atoms with Crippen LogP contribution >= 0.6 is 0 Å². The molecule has 22 heavy (non-hydrogen) atoms. The van der Waals surface area contributed by atoms with Crippen molar-refractivity contribution in [3.05, 3.63) is 29.8 Å². The molecular weight excluding hydrogens is 274 g/mol. The fraction of sp³-hybridized carbons (Fsp3) is 0.684. The molecule has 1 N–H and O–H groups in total. The third-order valence-corrected chi connectivity index (χ3v) is 4.91. The van der Waals surface area contributed by atoms with Gasteiger partial charge in [0.2, 0.25) is 0 Å². The summed E-state index contributed by atoms with van der Waals surface area (Å²) >= 11 is 0. The van der Waals surface area contributed by atoms with Gasteiger partial charge in [-0.2, -0.15) is 0 Å². The molecule has 1 aromatic carbocycles. The molecule has 3 nitrogen and oxygen atoms in total. The number of hydrogen-bond donors (Lipinski definition) is 1. The van der Waals surface area contributed by atoms with Gasteiger partial charge in [0.1, 0.15) is 12.4 Å². The van der Waals surface area contributed by atoms with Crippen molar-refractivity contribution < 1.29 is 9.47 Å². The first-order valence-corrected chi connectivity index (χ1v) is 8.86. The molecule has 1 aliphatic carbocycles. The van der Waals surface area contributed by atoms with E-state index in [0.29, 0.717) is 12.6 Å².